The molecule has 0 unspecified atom stereocenters. The van der Waals surface area contributed by atoms with E-state index in [1.165, 1.54) is 26.1 Å². The van der Waals surface area contributed by atoms with Crippen LogP contribution >= 0.6 is 0 Å². The van der Waals surface area contributed by atoms with Crippen molar-refractivity contribution in [2.24, 2.45) is 5.92 Å². The van der Waals surface area contributed by atoms with Gasteiger partial charge in [0.2, 0.25) is 0 Å². The Morgan fingerprint density at radius 2 is 2.00 bits per heavy atom. The van der Waals surface area contributed by atoms with Gasteiger partial charge in [-0.3, -0.25) is 4.98 Å². The number of ether oxygens (including phenoxy) is 2. The van der Waals surface area contributed by atoms with Gasteiger partial charge in [0.15, 0.2) is 5.69 Å². The molecule has 1 aliphatic rings. The minimum Gasteiger partial charge on any atom is -0.493 e. The number of rotatable bonds is 5. The van der Waals surface area contributed by atoms with Crippen molar-refractivity contribution in [1.82, 2.24) is 9.97 Å². The molecule has 1 saturated carbocycles. The lowest BCUT2D eigenvalue weighted by Crippen LogP contribution is -2.05. The summed E-state index contributed by atoms with van der Waals surface area (Å²) in [5, 5.41) is 0. The average molecular weight is 284 g/mol. The highest BCUT2D eigenvalue weighted by Gasteiger charge is 2.21. The fourth-order valence-electron chi connectivity index (χ4n) is 1.93. The molecule has 1 aromatic carbocycles. The van der Waals surface area contributed by atoms with Crippen molar-refractivity contribution in [1.29, 1.82) is 0 Å². The average Bonchev–Trinajstić information content (AvgIpc) is 3.37. The highest BCUT2D eigenvalue weighted by atomic mass is 16.5. The van der Waals surface area contributed by atoms with Gasteiger partial charge in [0, 0.05) is 5.56 Å². The summed E-state index contributed by atoms with van der Waals surface area (Å²) in [6.07, 6.45) is 5.55. The van der Waals surface area contributed by atoms with Gasteiger partial charge < -0.3 is 9.47 Å². The van der Waals surface area contributed by atoms with Gasteiger partial charge in [-0.1, -0.05) is 0 Å². The monoisotopic (exact) mass is 284 g/mol. The van der Waals surface area contributed by atoms with Crippen molar-refractivity contribution >= 4 is 5.97 Å². The Balaban J connectivity index is 1.74. The molecule has 2 aromatic rings. The minimum absolute atomic E-state index is 0.198. The van der Waals surface area contributed by atoms with E-state index in [0.29, 0.717) is 5.69 Å². The van der Waals surface area contributed by atoms with Gasteiger partial charge in [0.05, 0.1) is 31.8 Å². The summed E-state index contributed by atoms with van der Waals surface area (Å²) in [7, 11) is 1.32. The maximum atomic E-state index is 11.5. The largest absolute Gasteiger partial charge is 0.493 e. The first-order valence-corrected chi connectivity index (χ1v) is 6.90. The van der Waals surface area contributed by atoms with Crippen LogP contribution in [0.15, 0.2) is 36.7 Å². The van der Waals surface area contributed by atoms with Crippen LogP contribution < -0.4 is 4.74 Å². The number of esters is 1. The van der Waals surface area contributed by atoms with Crippen molar-refractivity contribution in [2.75, 3.05) is 13.7 Å². The van der Waals surface area contributed by atoms with Gasteiger partial charge in [-0.2, -0.15) is 0 Å². The Morgan fingerprint density at radius 1 is 1.24 bits per heavy atom. The molecule has 0 spiro atoms. The first kappa shape index (κ1) is 13.5. The molecule has 1 aliphatic carbocycles. The second-order valence-corrected chi connectivity index (χ2v) is 5.06. The number of carbonyl (C=O) groups excluding carboxylic acids is 1. The van der Waals surface area contributed by atoms with Gasteiger partial charge in [-0.05, 0) is 43.0 Å². The van der Waals surface area contributed by atoms with E-state index in [4.69, 9.17) is 4.74 Å². The predicted octanol–water partition coefficient (Wildman–Crippen LogP) is 2.72. The number of carbonyl (C=O) groups is 1. The molecule has 1 heterocycles. The highest BCUT2D eigenvalue weighted by molar-refractivity contribution is 5.87. The molecule has 21 heavy (non-hydrogen) atoms. The van der Waals surface area contributed by atoms with Gasteiger partial charge in [-0.25, -0.2) is 9.78 Å². The van der Waals surface area contributed by atoms with Crippen LogP contribution in [0.2, 0.25) is 0 Å². The lowest BCUT2D eigenvalue weighted by Gasteiger charge is -2.06. The number of methoxy groups -OCH3 is 1. The number of nitrogens with zero attached hydrogens (tertiary/aromatic N) is 2. The van der Waals surface area contributed by atoms with Crippen LogP contribution in [0.25, 0.3) is 11.3 Å². The summed E-state index contributed by atoms with van der Waals surface area (Å²) in [5.74, 6) is 1.09. The SMILES string of the molecule is COC(=O)c1cncc(-c2ccc(OCC3CC3)cc2)n1. The van der Waals surface area contributed by atoms with Crippen LogP contribution in [-0.4, -0.2) is 29.7 Å². The molecule has 1 fully saturated rings. The van der Waals surface area contributed by atoms with Crippen LogP contribution in [0, 0.1) is 5.92 Å². The van der Waals surface area contributed by atoms with Gasteiger partial charge in [-0.15, -0.1) is 0 Å². The fourth-order valence-corrected chi connectivity index (χ4v) is 1.93. The molecule has 0 bridgehead atoms. The van der Waals surface area contributed by atoms with E-state index in [1.54, 1.807) is 6.20 Å². The van der Waals surface area contributed by atoms with Crippen LogP contribution in [-0.2, 0) is 4.74 Å². The molecular weight excluding hydrogens is 268 g/mol. The zero-order valence-electron chi connectivity index (χ0n) is 11.8. The predicted molar refractivity (Wildman–Crippen MR) is 77.0 cm³/mol. The summed E-state index contributed by atoms with van der Waals surface area (Å²) < 4.78 is 10.3. The molecule has 3 rings (SSSR count). The summed E-state index contributed by atoms with van der Waals surface area (Å²) in [4.78, 5) is 19.7. The Morgan fingerprint density at radius 3 is 2.67 bits per heavy atom. The second-order valence-electron chi connectivity index (χ2n) is 5.06. The van der Waals surface area contributed by atoms with Crippen LogP contribution in [0.1, 0.15) is 23.3 Å². The Hall–Kier alpha value is -2.43. The number of benzene rings is 1. The van der Waals surface area contributed by atoms with E-state index in [0.717, 1.165) is 23.8 Å². The minimum atomic E-state index is -0.492. The van der Waals surface area contributed by atoms with E-state index in [1.807, 2.05) is 24.3 Å². The Kier molecular flexibility index (Phi) is 3.81. The van der Waals surface area contributed by atoms with E-state index in [2.05, 4.69) is 14.7 Å². The van der Waals surface area contributed by atoms with Crippen molar-refractivity contribution in [3.8, 4) is 17.0 Å². The molecule has 0 amide bonds. The maximum Gasteiger partial charge on any atom is 0.358 e. The maximum absolute atomic E-state index is 11.5. The number of hydrogen-bond acceptors (Lipinski definition) is 5. The molecule has 108 valence electrons. The van der Waals surface area contributed by atoms with Crippen LogP contribution in [0.3, 0.4) is 0 Å². The van der Waals surface area contributed by atoms with E-state index >= 15 is 0 Å². The molecule has 5 nitrogen and oxygen atoms in total. The number of hydrogen-bond donors (Lipinski definition) is 0. The van der Waals surface area contributed by atoms with E-state index in [-0.39, 0.29) is 5.69 Å². The van der Waals surface area contributed by atoms with Crippen molar-refractivity contribution in [2.45, 2.75) is 12.8 Å². The Bertz CT molecular complexity index is 636. The van der Waals surface area contributed by atoms with Gasteiger partial charge in [0.25, 0.3) is 0 Å². The molecule has 5 heteroatoms. The summed E-state index contributed by atoms with van der Waals surface area (Å²) in [6, 6.07) is 7.63. The molecular formula is C16H16N2O3. The molecule has 0 atom stereocenters. The molecule has 0 radical (unpaired) electrons. The third-order valence-electron chi connectivity index (χ3n) is 3.36. The molecule has 0 N–H and O–H groups in total. The Labute approximate surface area is 123 Å². The van der Waals surface area contributed by atoms with E-state index < -0.39 is 5.97 Å². The second kappa shape index (κ2) is 5.91. The topological polar surface area (TPSA) is 61.3 Å². The smallest absolute Gasteiger partial charge is 0.358 e. The standard InChI is InChI=1S/C16H16N2O3/c1-20-16(19)15-9-17-8-14(18-15)12-4-6-13(7-5-12)21-10-11-2-3-11/h4-9,11H,2-3,10H2,1H3. The highest BCUT2D eigenvalue weighted by Crippen LogP contribution is 2.30. The molecule has 0 saturated heterocycles. The molecule has 0 aliphatic heterocycles. The lowest BCUT2D eigenvalue weighted by atomic mass is 10.1. The lowest BCUT2D eigenvalue weighted by molar-refractivity contribution is 0.0593. The third kappa shape index (κ3) is 3.37. The normalized spacial score (nSPS) is 13.8. The van der Waals surface area contributed by atoms with Crippen LogP contribution in [0.4, 0.5) is 0 Å². The number of aromatic nitrogens is 2. The summed E-state index contributed by atoms with van der Waals surface area (Å²) in [5.41, 5.74) is 1.71. The summed E-state index contributed by atoms with van der Waals surface area (Å²) >= 11 is 0. The zero-order valence-corrected chi connectivity index (χ0v) is 11.8. The first-order chi connectivity index (χ1) is 10.3. The first-order valence-electron chi connectivity index (χ1n) is 6.90. The van der Waals surface area contributed by atoms with E-state index in [9.17, 15) is 4.79 Å². The fraction of sp³-hybridized carbons (Fsp3) is 0.312. The zero-order chi connectivity index (χ0) is 14.7. The van der Waals surface area contributed by atoms with Crippen molar-refractivity contribution in [3.05, 3.63) is 42.4 Å². The summed E-state index contributed by atoms with van der Waals surface area (Å²) in [6.45, 7) is 0.789. The van der Waals surface area contributed by atoms with Crippen molar-refractivity contribution in [3.63, 3.8) is 0 Å². The third-order valence-corrected chi connectivity index (χ3v) is 3.36. The van der Waals surface area contributed by atoms with Gasteiger partial charge >= 0.3 is 5.97 Å². The quantitative estimate of drug-likeness (QED) is 0.790. The van der Waals surface area contributed by atoms with Crippen LogP contribution in [0.5, 0.6) is 5.75 Å². The molecule has 1 aromatic heterocycles. The van der Waals surface area contributed by atoms with Gasteiger partial charge in [0.1, 0.15) is 5.75 Å². The van der Waals surface area contributed by atoms with Crippen molar-refractivity contribution < 1.29 is 14.3 Å².